The molecule has 204 valence electrons. The first-order valence-corrected chi connectivity index (χ1v) is 13.3. The number of hydrogen-bond acceptors (Lipinski definition) is 9. The van der Waals surface area contributed by atoms with Crippen molar-refractivity contribution >= 4 is 17.3 Å². The molecule has 39 heavy (non-hydrogen) atoms. The Morgan fingerprint density at radius 3 is 2.49 bits per heavy atom. The molecule has 0 bridgehead atoms. The average molecular weight is 530 g/mol. The third-order valence-corrected chi connectivity index (χ3v) is 7.57. The van der Waals surface area contributed by atoms with Crippen molar-refractivity contribution < 1.29 is 14.3 Å². The van der Waals surface area contributed by atoms with Crippen molar-refractivity contribution in [2.75, 3.05) is 57.5 Å². The number of allylic oxidation sites excluding steroid dienone is 1. The molecule has 3 aliphatic rings. The minimum atomic E-state index is -0.797. The van der Waals surface area contributed by atoms with Crippen LogP contribution in [0.2, 0.25) is 0 Å². The van der Waals surface area contributed by atoms with Crippen LogP contribution in [0.4, 0.5) is 5.82 Å². The van der Waals surface area contributed by atoms with Gasteiger partial charge in [0.05, 0.1) is 49.3 Å². The van der Waals surface area contributed by atoms with Gasteiger partial charge in [-0.15, -0.1) is 0 Å². The number of anilines is 1. The van der Waals surface area contributed by atoms with Crippen LogP contribution in [0.3, 0.4) is 0 Å². The van der Waals surface area contributed by atoms with Gasteiger partial charge in [-0.25, -0.2) is 4.98 Å². The summed E-state index contributed by atoms with van der Waals surface area (Å²) in [7, 11) is 0. The predicted octanol–water partition coefficient (Wildman–Crippen LogP) is 2.42. The molecule has 10 nitrogen and oxygen atoms in total. The molecule has 2 aromatic heterocycles. The molecule has 2 saturated heterocycles. The third kappa shape index (κ3) is 5.66. The number of aromatic nitrogens is 2. The lowest BCUT2D eigenvalue weighted by molar-refractivity contribution is -0.00395. The Labute approximate surface area is 229 Å². The second-order valence-corrected chi connectivity index (χ2v) is 10.6. The van der Waals surface area contributed by atoms with E-state index >= 15 is 0 Å². The van der Waals surface area contributed by atoms with Gasteiger partial charge in [-0.1, -0.05) is 0 Å². The van der Waals surface area contributed by atoms with Crippen molar-refractivity contribution in [2.45, 2.75) is 31.8 Å². The number of nitrogens with one attached hydrogen (secondary N) is 2. The molecule has 2 N–H and O–H groups in total. The van der Waals surface area contributed by atoms with Gasteiger partial charge in [0.25, 0.3) is 5.91 Å². The Hall–Kier alpha value is -3.78. The van der Waals surface area contributed by atoms with Crippen LogP contribution in [-0.4, -0.2) is 79.0 Å². The highest BCUT2D eigenvalue weighted by atomic mass is 16.5. The van der Waals surface area contributed by atoms with Crippen LogP contribution in [0.5, 0.6) is 0 Å². The first kappa shape index (κ1) is 26.8. The van der Waals surface area contributed by atoms with Crippen molar-refractivity contribution in [1.29, 1.82) is 5.26 Å². The topological polar surface area (TPSA) is 116 Å². The summed E-state index contributed by atoms with van der Waals surface area (Å²) in [5.41, 5.74) is 2.38. The maximum Gasteiger partial charge on any atom is 0.255 e. The number of carbonyl (C=O) groups excluding carboxylic acids is 1. The lowest BCUT2D eigenvalue weighted by Crippen LogP contribution is -2.60. The Bertz CT molecular complexity index is 1320. The molecule has 0 spiro atoms. The first-order valence-electron chi connectivity index (χ1n) is 13.3. The van der Waals surface area contributed by atoms with E-state index in [-0.39, 0.29) is 5.91 Å². The van der Waals surface area contributed by atoms with Crippen LogP contribution < -0.4 is 15.5 Å². The Kier molecular flexibility index (Phi) is 7.66. The van der Waals surface area contributed by atoms with Crippen molar-refractivity contribution in [3.63, 3.8) is 0 Å². The molecule has 10 heteroatoms. The standard InChI is InChI=1S/C29H35N7O3/c1-28(2,20-30)25-16-22(5-6-31-25)27(37)34-23-18-24(29(3,33-19-23)36-10-14-39-15-11-36)21-4-7-32-26(17-21)35-8-12-38-13-9-35/h4-7,16-19,33H,8-15H2,1-3H3,(H,34,37). The molecule has 0 aromatic carbocycles. The zero-order valence-corrected chi connectivity index (χ0v) is 22.7. The second-order valence-electron chi connectivity index (χ2n) is 10.6. The van der Waals surface area contributed by atoms with Crippen molar-refractivity contribution in [3.8, 4) is 6.07 Å². The SMILES string of the molecule is CC(C)(C#N)c1cc(C(=O)NC2=CNC(C)(N3CCOCC3)C(c3ccnc(N4CCOCC4)c3)=C2)ccn1. The number of carbonyl (C=O) groups is 1. The average Bonchev–Trinajstić information content (AvgIpc) is 2.99. The Morgan fingerprint density at radius 1 is 1.08 bits per heavy atom. The van der Waals surface area contributed by atoms with Crippen molar-refractivity contribution in [1.82, 2.24) is 25.5 Å². The van der Waals surface area contributed by atoms with E-state index in [1.807, 2.05) is 24.5 Å². The number of nitrogens with zero attached hydrogens (tertiary/aromatic N) is 5. The van der Waals surface area contributed by atoms with E-state index in [2.05, 4.69) is 49.5 Å². The first-order chi connectivity index (χ1) is 18.8. The number of morpholine rings is 2. The molecule has 2 fully saturated rings. The normalized spacial score (nSPS) is 22.3. The van der Waals surface area contributed by atoms with E-state index in [1.54, 1.807) is 32.2 Å². The van der Waals surface area contributed by atoms with Gasteiger partial charge in [0.1, 0.15) is 11.5 Å². The monoisotopic (exact) mass is 529 g/mol. The van der Waals surface area contributed by atoms with Crippen LogP contribution in [0.15, 0.2) is 54.6 Å². The van der Waals surface area contributed by atoms with E-state index in [0.717, 1.165) is 43.1 Å². The number of pyridine rings is 2. The summed E-state index contributed by atoms with van der Waals surface area (Å²) in [4.78, 5) is 26.8. The lowest BCUT2D eigenvalue weighted by Gasteiger charge is -2.46. The van der Waals surface area contributed by atoms with Crippen LogP contribution in [-0.2, 0) is 14.9 Å². The largest absolute Gasteiger partial charge is 0.379 e. The highest BCUT2D eigenvalue weighted by Crippen LogP contribution is 2.35. The number of dihydropyridines is 1. The fourth-order valence-electron chi connectivity index (χ4n) is 5.07. The number of ether oxygens (including phenoxy) is 2. The van der Waals surface area contributed by atoms with Gasteiger partial charge in [-0.3, -0.25) is 14.7 Å². The molecular weight excluding hydrogens is 494 g/mol. The van der Waals surface area contributed by atoms with Gasteiger partial charge in [0.15, 0.2) is 0 Å². The summed E-state index contributed by atoms with van der Waals surface area (Å²) in [6.45, 7) is 11.6. The number of hydrogen-bond donors (Lipinski definition) is 2. The third-order valence-electron chi connectivity index (χ3n) is 7.57. The highest BCUT2D eigenvalue weighted by Gasteiger charge is 2.39. The molecule has 0 aliphatic carbocycles. The summed E-state index contributed by atoms with van der Waals surface area (Å²) in [6.07, 6.45) is 7.29. The molecule has 0 radical (unpaired) electrons. The van der Waals surface area contributed by atoms with E-state index in [0.29, 0.717) is 43.4 Å². The van der Waals surface area contributed by atoms with E-state index in [4.69, 9.17) is 9.47 Å². The minimum absolute atomic E-state index is 0.269. The zero-order chi connectivity index (χ0) is 27.5. The molecule has 1 amide bonds. The summed E-state index contributed by atoms with van der Waals surface area (Å²) in [6, 6.07) is 9.70. The fraction of sp³-hybridized carbons (Fsp3) is 0.448. The molecule has 5 heterocycles. The van der Waals surface area contributed by atoms with Gasteiger partial charge in [0.2, 0.25) is 0 Å². The Morgan fingerprint density at radius 2 is 1.77 bits per heavy atom. The molecule has 3 aliphatic heterocycles. The Balaban J connectivity index is 1.46. The van der Waals surface area contributed by atoms with Crippen LogP contribution in [0, 0.1) is 11.3 Å². The quantitative estimate of drug-likeness (QED) is 0.582. The predicted molar refractivity (Wildman–Crippen MR) is 148 cm³/mol. The summed E-state index contributed by atoms with van der Waals surface area (Å²) in [5, 5.41) is 16.1. The number of amides is 1. The summed E-state index contributed by atoms with van der Waals surface area (Å²) < 4.78 is 11.1. The number of nitriles is 1. The van der Waals surface area contributed by atoms with Gasteiger partial charge in [-0.05, 0) is 56.7 Å². The number of rotatable bonds is 6. The van der Waals surface area contributed by atoms with Gasteiger partial charge < -0.3 is 25.0 Å². The van der Waals surface area contributed by atoms with Crippen molar-refractivity contribution in [2.24, 2.45) is 0 Å². The molecule has 0 saturated carbocycles. The van der Waals surface area contributed by atoms with Crippen molar-refractivity contribution in [3.05, 3.63) is 71.5 Å². The lowest BCUT2D eigenvalue weighted by atomic mass is 9.89. The van der Waals surface area contributed by atoms with E-state index in [1.165, 1.54) is 0 Å². The van der Waals surface area contributed by atoms with Crippen LogP contribution >= 0.6 is 0 Å². The molecular formula is C29H35N7O3. The van der Waals surface area contributed by atoms with Gasteiger partial charge >= 0.3 is 0 Å². The van der Waals surface area contributed by atoms with Crippen LogP contribution in [0.1, 0.15) is 42.4 Å². The molecule has 1 atom stereocenters. The van der Waals surface area contributed by atoms with Gasteiger partial charge in [-0.2, -0.15) is 5.26 Å². The minimum Gasteiger partial charge on any atom is -0.379 e. The summed E-state index contributed by atoms with van der Waals surface area (Å²) >= 11 is 0. The van der Waals surface area contributed by atoms with E-state index < -0.39 is 11.1 Å². The second kappa shape index (κ2) is 11.1. The zero-order valence-electron chi connectivity index (χ0n) is 22.7. The summed E-state index contributed by atoms with van der Waals surface area (Å²) in [5.74, 6) is 0.639. The fourth-order valence-corrected chi connectivity index (χ4v) is 5.07. The maximum absolute atomic E-state index is 13.3. The van der Waals surface area contributed by atoms with Crippen LogP contribution in [0.25, 0.3) is 5.57 Å². The van der Waals surface area contributed by atoms with Gasteiger partial charge in [0, 0.05) is 55.9 Å². The molecule has 1 unspecified atom stereocenters. The maximum atomic E-state index is 13.3. The molecule has 5 rings (SSSR count). The smallest absolute Gasteiger partial charge is 0.255 e. The van der Waals surface area contributed by atoms with E-state index in [9.17, 15) is 10.1 Å². The molecule has 2 aromatic rings. The highest BCUT2D eigenvalue weighted by molar-refractivity contribution is 5.96.